The number of nitrogens with zero attached hydrogens (tertiary/aromatic N) is 2. The SMILES string of the molecule is COC(=O)[C@H]1CC(=O)C(C(=S)Nc2ccccn2)=C(NCc2ccncc2)C1. The second kappa shape index (κ2) is 9.18. The van der Waals surface area contributed by atoms with E-state index >= 15 is 0 Å². The number of nitrogens with one attached hydrogen (secondary N) is 2. The van der Waals surface area contributed by atoms with Crippen molar-refractivity contribution >= 4 is 34.8 Å². The van der Waals surface area contributed by atoms with E-state index < -0.39 is 11.9 Å². The van der Waals surface area contributed by atoms with E-state index in [0.29, 0.717) is 30.1 Å². The average molecular weight is 396 g/mol. The molecule has 8 heteroatoms. The Morgan fingerprint density at radius 3 is 2.68 bits per heavy atom. The molecule has 2 aromatic rings. The number of carbonyl (C=O) groups excluding carboxylic acids is 2. The molecule has 144 valence electrons. The van der Waals surface area contributed by atoms with Gasteiger partial charge in [-0.15, -0.1) is 0 Å². The molecule has 1 atom stereocenters. The highest BCUT2D eigenvalue weighted by atomic mass is 32.1. The fourth-order valence-electron chi connectivity index (χ4n) is 3.00. The Morgan fingerprint density at radius 1 is 1.21 bits per heavy atom. The van der Waals surface area contributed by atoms with Gasteiger partial charge in [0.1, 0.15) is 10.8 Å². The Labute approximate surface area is 168 Å². The highest BCUT2D eigenvalue weighted by molar-refractivity contribution is 7.81. The number of aromatic nitrogens is 2. The molecule has 2 heterocycles. The average Bonchev–Trinajstić information content (AvgIpc) is 2.72. The van der Waals surface area contributed by atoms with Gasteiger partial charge >= 0.3 is 5.97 Å². The summed E-state index contributed by atoms with van der Waals surface area (Å²) in [5.41, 5.74) is 2.00. The molecular formula is C20H20N4O3S. The molecule has 0 fully saturated rings. The van der Waals surface area contributed by atoms with Crippen molar-refractivity contribution in [3.63, 3.8) is 0 Å². The van der Waals surface area contributed by atoms with Crippen molar-refractivity contribution in [3.8, 4) is 0 Å². The van der Waals surface area contributed by atoms with Crippen molar-refractivity contribution in [1.29, 1.82) is 0 Å². The van der Waals surface area contributed by atoms with Gasteiger partial charge in [0, 0.05) is 43.7 Å². The molecule has 0 aliphatic heterocycles. The van der Waals surface area contributed by atoms with Crippen LogP contribution in [0.1, 0.15) is 18.4 Å². The molecule has 2 N–H and O–H groups in total. The smallest absolute Gasteiger partial charge is 0.309 e. The van der Waals surface area contributed by atoms with E-state index in [2.05, 4.69) is 20.6 Å². The van der Waals surface area contributed by atoms with E-state index in [1.807, 2.05) is 18.2 Å². The number of rotatable bonds is 6. The van der Waals surface area contributed by atoms with Crippen molar-refractivity contribution in [2.45, 2.75) is 19.4 Å². The lowest BCUT2D eigenvalue weighted by Gasteiger charge is -2.26. The van der Waals surface area contributed by atoms with Crippen molar-refractivity contribution in [3.05, 3.63) is 65.8 Å². The van der Waals surface area contributed by atoms with E-state index in [1.165, 1.54) is 7.11 Å². The molecule has 2 aromatic heterocycles. The summed E-state index contributed by atoms with van der Waals surface area (Å²) >= 11 is 5.48. The highest BCUT2D eigenvalue weighted by Gasteiger charge is 2.34. The number of anilines is 1. The molecule has 0 unspecified atom stereocenters. The number of pyridine rings is 2. The minimum atomic E-state index is -0.529. The summed E-state index contributed by atoms with van der Waals surface area (Å²) in [5, 5.41) is 6.27. The molecule has 3 rings (SSSR count). The number of hydrogen-bond acceptors (Lipinski definition) is 7. The quantitative estimate of drug-likeness (QED) is 0.568. The third-order valence-electron chi connectivity index (χ3n) is 4.39. The van der Waals surface area contributed by atoms with Crippen LogP contribution >= 0.6 is 12.2 Å². The summed E-state index contributed by atoms with van der Waals surface area (Å²) in [5.74, 6) is -0.582. The molecule has 0 amide bonds. The number of esters is 1. The molecule has 0 bridgehead atoms. The van der Waals surface area contributed by atoms with Crippen LogP contribution in [0.4, 0.5) is 5.82 Å². The number of methoxy groups -OCH3 is 1. The van der Waals surface area contributed by atoms with Gasteiger partial charge in [0.25, 0.3) is 0 Å². The van der Waals surface area contributed by atoms with E-state index in [1.54, 1.807) is 30.7 Å². The molecule has 0 saturated carbocycles. The maximum atomic E-state index is 12.8. The highest BCUT2D eigenvalue weighted by Crippen LogP contribution is 2.28. The van der Waals surface area contributed by atoms with E-state index in [9.17, 15) is 9.59 Å². The Hall–Kier alpha value is -3.13. The summed E-state index contributed by atoms with van der Waals surface area (Å²) in [6, 6.07) is 9.13. The number of carbonyl (C=O) groups is 2. The minimum absolute atomic E-state index is 0.0620. The first-order valence-corrected chi connectivity index (χ1v) is 9.18. The van der Waals surface area contributed by atoms with Gasteiger partial charge in [-0.05, 0) is 29.8 Å². The Balaban J connectivity index is 1.86. The van der Waals surface area contributed by atoms with Gasteiger partial charge in [0.05, 0.1) is 18.6 Å². The molecule has 0 saturated heterocycles. The zero-order chi connectivity index (χ0) is 19.9. The number of ether oxygens (including phenoxy) is 1. The second-order valence-electron chi connectivity index (χ2n) is 6.28. The lowest BCUT2D eigenvalue weighted by Crippen LogP contribution is -2.35. The standard InChI is InChI=1S/C20H20N4O3S/c1-27-20(26)14-10-15(23-12-13-5-8-21-9-6-13)18(16(25)11-14)19(28)24-17-4-2-3-7-22-17/h2-9,14,23H,10-12H2,1H3,(H,22,24,28)/t14-/m1/s1. The molecule has 7 nitrogen and oxygen atoms in total. The number of Topliss-reactive ketones (excluding diaryl/α,β-unsaturated/α-hetero) is 1. The summed E-state index contributed by atoms with van der Waals surface area (Å²) in [6.45, 7) is 0.481. The van der Waals surface area contributed by atoms with Crippen LogP contribution in [0.15, 0.2) is 60.2 Å². The van der Waals surface area contributed by atoms with Crippen LogP contribution in [0.3, 0.4) is 0 Å². The molecule has 28 heavy (non-hydrogen) atoms. The summed E-state index contributed by atoms with van der Waals surface area (Å²) in [4.78, 5) is 33.3. The van der Waals surface area contributed by atoms with Gasteiger partial charge < -0.3 is 15.4 Å². The van der Waals surface area contributed by atoms with Crippen LogP contribution in [-0.2, 0) is 20.9 Å². The molecular weight excluding hydrogens is 376 g/mol. The van der Waals surface area contributed by atoms with Crippen molar-refractivity contribution in [2.75, 3.05) is 12.4 Å². The van der Waals surface area contributed by atoms with E-state index in [0.717, 1.165) is 5.56 Å². The lowest BCUT2D eigenvalue weighted by molar-refractivity contribution is -0.147. The van der Waals surface area contributed by atoms with Gasteiger partial charge in [-0.1, -0.05) is 18.3 Å². The number of hydrogen-bond donors (Lipinski definition) is 2. The van der Waals surface area contributed by atoms with Crippen LogP contribution in [0.25, 0.3) is 0 Å². The van der Waals surface area contributed by atoms with E-state index in [-0.39, 0.29) is 17.2 Å². The zero-order valence-electron chi connectivity index (χ0n) is 15.3. The zero-order valence-corrected chi connectivity index (χ0v) is 16.2. The van der Waals surface area contributed by atoms with Crippen LogP contribution in [0, 0.1) is 5.92 Å². The molecule has 0 aromatic carbocycles. The first kappa shape index (κ1) is 19.6. The minimum Gasteiger partial charge on any atom is -0.469 e. The predicted molar refractivity (Wildman–Crippen MR) is 108 cm³/mol. The van der Waals surface area contributed by atoms with Crippen molar-refractivity contribution in [1.82, 2.24) is 15.3 Å². The first-order chi connectivity index (χ1) is 13.6. The molecule has 0 radical (unpaired) electrons. The summed E-state index contributed by atoms with van der Waals surface area (Å²) in [6.07, 6.45) is 5.44. The van der Waals surface area contributed by atoms with Crippen LogP contribution < -0.4 is 10.6 Å². The van der Waals surface area contributed by atoms with Crippen molar-refractivity contribution < 1.29 is 14.3 Å². The van der Waals surface area contributed by atoms with Gasteiger partial charge in [0.15, 0.2) is 5.78 Å². The fourth-order valence-corrected chi connectivity index (χ4v) is 3.34. The van der Waals surface area contributed by atoms with Crippen LogP contribution in [0.2, 0.25) is 0 Å². The molecule has 0 spiro atoms. The normalized spacial score (nSPS) is 16.5. The Morgan fingerprint density at radius 2 is 2.00 bits per heavy atom. The lowest BCUT2D eigenvalue weighted by atomic mass is 9.85. The van der Waals surface area contributed by atoms with E-state index in [4.69, 9.17) is 17.0 Å². The fraction of sp³-hybridized carbons (Fsp3) is 0.250. The first-order valence-electron chi connectivity index (χ1n) is 8.78. The second-order valence-corrected chi connectivity index (χ2v) is 6.69. The monoisotopic (exact) mass is 396 g/mol. The number of thiocarbonyl (C=S) groups is 1. The van der Waals surface area contributed by atoms with Gasteiger partial charge in [-0.2, -0.15) is 0 Å². The third kappa shape index (κ3) is 4.77. The van der Waals surface area contributed by atoms with Crippen LogP contribution in [-0.4, -0.2) is 33.8 Å². The van der Waals surface area contributed by atoms with Crippen LogP contribution in [0.5, 0.6) is 0 Å². The summed E-state index contributed by atoms with van der Waals surface area (Å²) < 4.78 is 4.83. The third-order valence-corrected chi connectivity index (χ3v) is 4.69. The Bertz CT molecular complexity index is 900. The maximum absolute atomic E-state index is 12.8. The predicted octanol–water partition coefficient (Wildman–Crippen LogP) is 2.41. The number of allylic oxidation sites excluding steroid dienone is 1. The maximum Gasteiger partial charge on any atom is 0.309 e. The molecule has 1 aliphatic carbocycles. The molecule has 1 aliphatic rings. The van der Waals surface area contributed by atoms with Gasteiger partial charge in [0.2, 0.25) is 0 Å². The summed E-state index contributed by atoms with van der Waals surface area (Å²) in [7, 11) is 1.32. The van der Waals surface area contributed by atoms with Gasteiger partial charge in [-0.25, -0.2) is 4.98 Å². The number of ketones is 1. The Kier molecular flexibility index (Phi) is 6.44. The van der Waals surface area contributed by atoms with Crippen molar-refractivity contribution in [2.24, 2.45) is 5.92 Å². The largest absolute Gasteiger partial charge is 0.469 e. The topological polar surface area (TPSA) is 93.2 Å². The van der Waals surface area contributed by atoms with Gasteiger partial charge in [-0.3, -0.25) is 14.6 Å².